The number of benzene rings is 3. The first-order chi connectivity index (χ1) is 20.5. The van der Waals surface area contributed by atoms with Crippen molar-refractivity contribution in [3.05, 3.63) is 108 Å². The molecule has 0 spiro atoms. The summed E-state index contributed by atoms with van der Waals surface area (Å²) in [6.07, 6.45) is -4.86. The van der Waals surface area contributed by atoms with Gasteiger partial charge in [-0.3, -0.25) is 10.1 Å². The Bertz CT molecular complexity index is 1810. The van der Waals surface area contributed by atoms with Crippen molar-refractivity contribution in [1.29, 1.82) is 0 Å². The Hall–Kier alpha value is -5.12. The van der Waals surface area contributed by atoms with Gasteiger partial charge in [-0.15, -0.1) is 0 Å². The van der Waals surface area contributed by atoms with Crippen molar-refractivity contribution >= 4 is 28.8 Å². The highest BCUT2D eigenvalue weighted by atomic mass is 19.4. The summed E-state index contributed by atoms with van der Waals surface area (Å²) in [6, 6.07) is 25.5. The van der Waals surface area contributed by atoms with Gasteiger partial charge in [0.2, 0.25) is 5.71 Å². The third-order valence-corrected chi connectivity index (χ3v) is 7.70. The number of hydrogen-bond acceptors (Lipinski definition) is 5. The van der Waals surface area contributed by atoms with Crippen LogP contribution in [-0.2, 0) is 21.1 Å². The summed E-state index contributed by atoms with van der Waals surface area (Å²) in [5.41, 5.74) is 1.62. The van der Waals surface area contributed by atoms with E-state index in [1.807, 2.05) is 54.6 Å². The molecule has 10 heteroatoms. The first kappa shape index (κ1) is 28.0. The molecular formula is C33H25F3N2O5. The van der Waals surface area contributed by atoms with Crippen molar-refractivity contribution in [3.8, 4) is 22.5 Å². The Labute approximate surface area is 243 Å². The molecule has 2 N–H and O–H groups in total. The van der Waals surface area contributed by atoms with Crippen molar-refractivity contribution in [1.82, 2.24) is 4.98 Å². The molecule has 0 bridgehead atoms. The maximum Gasteiger partial charge on any atom is 0.433 e. The topological polar surface area (TPSA) is 102 Å². The number of carbonyl (C=O) groups excluding carboxylic acids is 1. The number of nitrogens with one attached hydrogen (secondary N) is 1. The Morgan fingerprint density at radius 3 is 2.09 bits per heavy atom. The lowest BCUT2D eigenvalue weighted by Gasteiger charge is -2.14. The van der Waals surface area contributed by atoms with E-state index in [-0.39, 0.29) is 22.5 Å². The molecule has 5 aromatic rings. The fourth-order valence-corrected chi connectivity index (χ4v) is 5.09. The highest BCUT2D eigenvalue weighted by molar-refractivity contribution is 6.04. The summed E-state index contributed by atoms with van der Waals surface area (Å²) in [7, 11) is 0. The van der Waals surface area contributed by atoms with Crippen LogP contribution in [0.1, 0.15) is 42.7 Å². The van der Waals surface area contributed by atoms with E-state index >= 15 is 0 Å². The van der Waals surface area contributed by atoms with Crippen molar-refractivity contribution in [2.75, 3.05) is 5.32 Å². The number of ether oxygens (including phenoxy) is 1. The van der Waals surface area contributed by atoms with Gasteiger partial charge < -0.3 is 14.3 Å². The summed E-state index contributed by atoms with van der Waals surface area (Å²) >= 11 is 0. The van der Waals surface area contributed by atoms with Crippen LogP contribution in [-0.4, -0.2) is 22.2 Å². The zero-order chi connectivity index (χ0) is 30.4. The smallest absolute Gasteiger partial charge is 0.433 e. The Morgan fingerprint density at radius 1 is 0.907 bits per heavy atom. The molecule has 3 aromatic carbocycles. The Balaban J connectivity index is 1.31. The molecule has 1 aliphatic rings. The van der Waals surface area contributed by atoms with Gasteiger partial charge in [0.05, 0.1) is 10.8 Å². The minimum absolute atomic E-state index is 0.116. The first-order valence-electron chi connectivity index (χ1n) is 13.5. The summed E-state index contributed by atoms with van der Waals surface area (Å²) < 4.78 is 51.5. The number of aliphatic carboxylic acids is 1. The lowest BCUT2D eigenvalue weighted by Crippen LogP contribution is -2.19. The predicted octanol–water partition coefficient (Wildman–Crippen LogP) is 8.61. The van der Waals surface area contributed by atoms with Crippen LogP contribution in [0.15, 0.2) is 95.4 Å². The molecule has 1 aliphatic carbocycles. The van der Waals surface area contributed by atoms with Crippen LogP contribution in [0.2, 0.25) is 0 Å². The van der Waals surface area contributed by atoms with Crippen molar-refractivity contribution in [3.63, 3.8) is 0 Å². The van der Waals surface area contributed by atoms with Gasteiger partial charge >= 0.3 is 18.2 Å². The summed E-state index contributed by atoms with van der Waals surface area (Å²) in [4.78, 5) is 28.2. The average molecular weight is 587 g/mol. The number of carboxylic acid groups (broad SMARTS) is 1. The molecule has 0 saturated heterocycles. The van der Waals surface area contributed by atoms with Gasteiger partial charge in [0.1, 0.15) is 17.5 Å². The van der Waals surface area contributed by atoms with Crippen LogP contribution >= 0.6 is 0 Å². The van der Waals surface area contributed by atoms with E-state index in [4.69, 9.17) is 9.15 Å². The number of nitrogens with zero attached hydrogens (tertiary/aromatic N) is 1. The van der Waals surface area contributed by atoms with Gasteiger partial charge in [0.15, 0.2) is 5.76 Å². The molecule has 0 aliphatic heterocycles. The quantitative estimate of drug-likeness (QED) is 0.198. The monoisotopic (exact) mass is 586 g/mol. The maximum absolute atomic E-state index is 13.4. The van der Waals surface area contributed by atoms with Crippen molar-refractivity contribution in [2.24, 2.45) is 0 Å². The van der Waals surface area contributed by atoms with Crippen LogP contribution in [0.5, 0.6) is 0 Å². The van der Waals surface area contributed by atoms with Crippen LogP contribution in [0.25, 0.3) is 33.6 Å². The zero-order valence-electron chi connectivity index (χ0n) is 22.8. The van der Waals surface area contributed by atoms with E-state index in [0.29, 0.717) is 18.4 Å². The number of fused-ring (bicyclic) bond motifs is 1. The number of amides is 1. The fourth-order valence-electron chi connectivity index (χ4n) is 5.09. The first-order valence-corrected chi connectivity index (χ1v) is 13.5. The van der Waals surface area contributed by atoms with Gasteiger partial charge in [0.25, 0.3) is 0 Å². The molecule has 2 heterocycles. The lowest BCUT2D eigenvalue weighted by atomic mass is 9.93. The van der Waals surface area contributed by atoms with Crippen molar-refractivity contribution in [2.45, 2.75) is 37.5 Å². The zero-order valence-corrected chi connectivity index (χ0v) is 22.8. The second kappa shape index (κ2) is 10.6. The largest absolute Gasteiger partial charge is 0.481 e. The van der Waals surface area contributed by atoms with E-state index in [0.717, 1.165) is 28.3 Å². The molecule has 1 amide bonds. The summed E-state index contributed by atoms with van der Waals surface area (Å²) in [6.45, 7) is 1.71. The lowest BCUT2D eigenvalue weighted by molar-refractivity contribution is -0.141. The molecule has 218 valence electrons. The number of alkyl halides is 3. The minimum Gasteiger partial charge on any atom is -0.481 e. The van der Waals surface area contributed by atoms with Gasteiger partial charge in [-0.1, -0.05) is 78.9 Å². The highest BCUT2D eigenvalue weighted by Gasteiger charge is 2.51. The molecule has 1 atom stereocenters. The van der Waals surface area contributed by atoms with E-state index in [9.17, 15) is 27.9 Å². The highest BCUT2D eigenvalue weighted by Crippen LogP contribution is 2.48. The average Bonchev–Trinajstić information content (AvgIpc) is 3.75. The summed E-state index contributed by atoms with van der Waals surface area (Å²) in [5.74, 6) is -0.708. The molecule has 7 nitrogen and oxygen atoms in total. The molecule has 43 heavy (non-hydrogen) atoms. The number of carboxylic acids is 1. The van der Waals surface area contributed by atoms with Gasteiger partial charge in [-0.05, 0) is 54.2 Å². The van der Waals surface area contributed by atoms with Crippen LogP contribution < -0.4 is 5.32 Å². The SMILES string of the molecule is CC(OC(=O)Nc1c(-c2ccc(-c3ccc(C4(C(=O)O)CC4)cc3)cc2)oc2nc(C(F)(F)F)ccc12)c1ccccc1. The molecule has 1 saturated carbocycles. The molecule has 1 fully saturated rings. The molecular weight excluding hydrogens is 561 g/mol. The van der Waals surface area contributed by atoms with Gasteiger partial charge in [0, 0.05) is 5.56 Å². The summed E-state index contributed by atoms with van der Waals surface area (Å²) in [5, 5.41) is 12.4. The second-order valence-electron chi connectivity index (χ2n) is 10.5. The van der Waals surface area contributed by atoms with Crippen LogP contribution in [0, 0.1) is 0 Å². The maximum atomic E-state index is 13.4. The molecule has 0 radical (unpaired) electrons. The molecule has 1 unspecified atom stereocenters. The number of aromatic nitrogens is 1. The number of pyridine rings is 1. The Kier molecular flexibility index (Phi) is 6.92. The number of halogens is 3. The van der Waals surface area contributed by atoms with Crippen LogP contribution in [0.4, 0.5) is 23.7 Å². The Morgan fingerprint density at radius 2 is 1.51 bits per heavy atom. The number of furan rings is 1. The number of rotatable bonds is 7. The van der Waals surface area contributed by atoms with E-state index in [1.165, 1.54) is 6.07 Å². The number of anilines is 1. The minimum atomic E-state index is -4.68. The van der Waals surface area contributed by atoms with Crippen molar-refractivity contribution < 1.29 is 37.0 Å². The van der Waals surface area contributed by atoms with E-state index < -0.39 is 35.5 Å². The molecule has 2 aromatic heterocycles. The van der Waals surface area contributed by atoms with E-state index in [2.05, 4.69) is 10.3 Å². The van der Waals surface area contributed by atoms with E-state index in [1.54, 1.807) is 31.2 Å². The molecule has 6 rings (SSSR count). The van der Waals surface area contributed by atoms with Gasteiger partial charge in [-0.25, -0.2) is 9.78 Å². The second-order valence-corrected chi connectivity index (χ2v) is 10.5. The third-order valence-electron chi connectivity index (χ3n) is 7.70. The predicted molar refractivity (Wildman–Crippen MR) is 153 cm³/mol. The normalized spacial score (nSPS) is 14.7. The number of hydrogen-bond donors (Lipinski definition) is 2. The standard InChI is InChI=1S/C33H25F3N2O5/c1-19(20-5-3-2-4-6-20)42-31(41)38-27-25-15-16-26(33(34,35)36)37-29(25)43-28(27)23-9-7-21(8-10-23)22-11-13-24(14-12-22)32(17-18-32)30(39)40/h2-16,19H,17-18H2,1H3,(H,38,41)(H,39,40). The number of carbonyl (C=O) groups is 2. The van der Waals surface area contributed by atoms with Crippen LogP contribution in [0.3, 0.4) is 0 Å². The third kappa shape index (κ3) is 5.43. The van der Waals surface area contributed by atoms with Gasteiger partial charge in [-0.2, -0.15) is 13.2 Å². The fraction of sp³-hybridized carbons (Fsp3) is 0.182.